The van der Waals surface area contributed by atoms with Crippen LogP contribution in [-0.2, 0) is 0 Å². The molecular formula is C19H32Cl2N2O. The van der Waals surface area contributed by atoms with Gasteiger partial charge in [-0.3, -0.25) is 4.90 Å². The van der Waals surface area contributed by atoms with Gasteiger partial charge in [0.25, 0.3) is 0 Å². The summed E-state index contributed by atoms with van der Waals surface area (Å²) in [5.74, 6) is 1.88. The van der Waals surface area contributed by atoms with Crippen LogP contribution in [0.5, 0.6) is 5.75 Å². The van der Waals surface area contributed by atoms with Crippen molar-refractivity contribution in [3.63, 3.8) is 0 Å². The number of nitrogens with one attached hydrogen (secondary N) is 1. The van der Waals surface area contributed by atoms with Crippen LogP contribution in [0.1, 0.15) is 50.6 Å². The molecule has 2 fully saturated rings. The van der Waals surface area contributed by atoms with Gasteiger partial charge in [-0.1, -0.05) is 37.5 Å². The number of benzene rings is 1. The van der Waals surface area contributed by atoms with E-state index in [1.165, 1.54) is 37.7 Å². The smallest absolute Gasteiger partial charge is 0.124 e. The van der Waals surface area contributed by atoms with Gasteiger partial charge in [0.15, 0.2) is 0 Å². The van der Waals surface area contributed by atoms with Gasteiger partial charge in [0.1, 0.15) is 5.75 Å². The number of halogens is 2. The molecule has 1 aromatic rings. The largest absolute Gasteiger partial charge is 0.494 e. The quantitative estimate of drug-likeness (QED) is 0.823. The lowest BCUT2D eigenvalue weighted by Gasteiger charge is -2.41. The second-order valence-electron chi connectivity index (χ2n) is 6.60. The molecule has 1 saturated carbocycles. The van der Waals surface area contributed by atoms with E-state index < -0.39 is 0 Å². The summed E-state index contributed by atoms with van der Waals surface area (Å²) in [6, 6.07) is 9.26. The summed E-state index contributed by atoms with van der Waals surface area (Å²) in [6.45, 7) is 7.36. The van der Waals surface area contributed by atoms with Gasteiger partial charge in [-0.25, -0.2) is 0 Å². The van der Waals surface area contributed by atoms with Crippen LogP contribution in [-0.4, -0.2) is 37.7 Å². The van der Waals surface area contributed by atoms with Crippen molar-refractivity contribution in [2.75, 3.05) is 32.8 Å². The summed E-state index contributed by atoms with van der Waals surface area (Å²) in [7, 11) is 0. The Bertz CT molecular complexity index is 442. The van der Waals surface area contributed by atoms with Gasteiger partial charge in [-0.2, -0.15) is 0 Å². The van der Waals surface area contributed by atoms with Gasteiger partial charge < -0.3 is 10.1 Å². The summed E-state index contributed by atoms with van der Waals surface area (Å²) >= 11 is 0. The van der Waals surface area contributed by atoms with E-state index in [9.17, 15) is 0 Å². The van der Waals surface area contributed by atoms with E-state index in [0.29, 0.717) is 6.04 Å². The number of ether oxygens (including phenoxy) is 1. The van der Waals surface area contributed by atoms with E-state index in [0.717, 1.165) is 44.5 Å². The van der Waals surface area contributed by atoms with Crippen molar-refractivity contribution in [3.05, 3.63) is 29.8 Å². The molecule has 5 heteroatoms. The maximum Gasteiger partial charge on any atom is 0.124 e. The van der Waals surface area contributed by atoms with Crippen LogP contribution in [0.4, 0.5) is 0 Å². The second-order valence-corrected chi connectivity index (χ2v) is 6.60. The predicted molar refractivity (Wildman–Crippen MR) is 106 cm³/mol. The summed E-state index contributed by atoms with van der Waals surface area (Å²) in [6.07, 6.45) is 6.94. The fourth-order valence-electron chi connectivity index (χ4n) is 4.17. The highest BCUT2D eigenvalue weighted by Crippen LogP contribution is 2.41. The highest BCUT2D eigenvalue weighted by atomic mass is 35.5. The molecule has 0 aromatic heterocycles. The molecule has 138 valence electrons. The van der Waals surface area contributed by atoms with Gasteiger partial charge in [0.2, 0.25) is 0 Å². The number of piperazine rings is 1. The molecule has 0 spiro atoms. The van der Waals surface area contributed by atoms with Crippen molar-refractivity contribution in [3.8, 4) is 5.75 Å². The van der Waals surface area contributed by atoms with Crippen LogP contribution in [0.2, 0.25) is 0 Å². The summed E-state index contributed by atoms with van der Waals surface area (Å²) < 4.78 is 5.96. The summed E-state index contributed by atoms with van der Waals surface area (Å²) in [5, 5.41) is 3.49. The van der Waals surface area contributed by atoms with Crippen molar-refractivity contribution in [1.29, 1.82) is 0 Å². The van der Waals surface area contributed by atoms with Crippen LogP contribution in [0.3, 0.4) is 0 Å². The molecule has 3 nitrogen and oxygen atoms in total. The molecule has 1 N–H and O–H groups in total. The lowest BCUT2D eigenvalue weighted by molar-refractivity contribution is 0.101. The van der Waals surface area contributed by atoms with Crippen LogP contribution in [0, 0.1) is 5.92 Å². The second kappa shape index (κ2) is 11.2. The average Bonchev–Trinajstić information content (AvgIpc) is 2.59. The Kier molecular flexibility index (Phi) is 10.1. The minimum absolute atomic E-state index is 0. The summed E-state index contributed by atoms with van der Waals surface area (Å²) in [4.78, 5) is 2.70. The third kappa shape index (κ3) is 5.26. The standard InChI is InChI=1S/C19H30N2O.2ClH/c1-2-22-18-11-7-6-10-17(18)19(16-8-4-3-5-9-16)21-14-12-20-13-15-21;;/h6-7,10-11,16,19-20H,2-5,8-9,12-15H2,1H3;2*1H/t19-;;/m1../s1. The van der Waals surface area contributed by atoms with E-state index in [1.54, 1.807) is 0 Å². The molecule has 1 aliphatic heterocycles. The fourth-order valence-corrected chi connectivity index (χ4v) is 4.17. The first kappa shape index (κ1) is 21.6. The van der Waals surface area contributed by atoms with Crippen LogP contribution in [0.25, 0.3) is 0 Å². The van der Waals surface area contributed by atoms with Crippen molar-refractivity contribution in [2.45, 2.75) is 45.1 Å². The van der Waals surface area contributed by atoms with Crippen molar-refractivity contribution in [1.82, 2.24) is 10.2 Å². The molecule has 0 unspecified atom stereocenters. The Hall–Kier alpha value is -0.480. The lowest BCUT2D eigenvalue weighted by Crippen LogP contribution is -2.47. The zero-order valence-corrected chi connectivity index (χ0v) is 16.3. The number of rotatable bonds is 5. The third-order valence-corrected chi connectivity index (χ3v) is 5.18. The number of para-hydroxylation sites is 1. The Morgan fingerprint density at radius 3 is 2.42 bits per heavy atom. The van der Waals surface area contributed by atoms with E-state index in [4.69, 9.17) is 4.74 Å². The zero-order valence-electron chi connectivity index (χ0n) is 14.7. The molecule has 1 atom stereocenters. The highest BCUT2D eigenvalue weighted by molar-refractivity contribution is 5.85. The molecule has 1 saturated heterocycles. The molecule has 1 aromatic carbocycles. The predicted octanol–water partition coefficient (Wildman–Crippen LogP) is 4.46. The molecule has 2 aliphatic rings. The van der Waals surface area contributed by atoms with Crippen molar-refractivity contribution >= 4 is 24.8 Å². The monoisotopic (exact) mass is 374 g/mol. The minimum atomic E-state index is 0. The Morgan fingerprint density at radius 1 is 1.08 bits per heavy atom. The van der Waals surface area contributed by atoms with E-state index in [2.05, 4.69) is 41.4 Å². The first-order valence-corrected chi connectivity index (χ1v) is 9.06. The van der Waals surface area contributed by atoms with E-state index in [1.807, 2.05) is 0 Å². The molecule has 3 rings (SSSR count). The molecular weight excluding hydrogens is 343 g/mol. The van der Waals surface area contributed by atoms with Crippen molar-refractivity contribution < 1.29 is 4.74 Å². The van der Waals surface area contributed by atoms with Crippen LogP contribution >= 0.6 is 24.8 Å². The number of hydrogen-bond acceptors (Lipinski definition) is 3. The lowest BCUT2D eigenvalue weighted by atomic mass is 9.80. The maximum atomic E-state index is 5.96. The van der Waals surface area contributed by atoms with E-state index in [-0.39, 0.29) is 24.8 Å². The van der Waals surface area contributed by atoms with Crippen molar-refractivity contribution in [2.24, 2.45) is 5.92 Å². The van der Waals surface area contributed by atoms with Gasteiger partial charge >= 0.3 is 0 Å². The molecule has 0 radical (unpaired) electrons. The topological polar surface area (TPSA) is 24.5 Å². The first-order valence-electron chi connectivity index (χ1n) is 9.06. The molecule has 0 amide bonds. The number of nitrogens with zero attached hydrogens (tertiary/aromatic N) is 1. The molecule has 1 aliphatic carbocycles. The Balaban J connectivity index is 0.00000144. The van der Waals surface area contributed by atoms with Gasteiger partial charge in [-0.05, 0) is 31.7 Å². The zero-order chi connectivity index (χ0) is 15.2. The first-order chi connectivity index (χ1) is 10.9. The highest BCUT2D eigenvalue weighted by Gasteiger charge is 2.32. The molecule has 0 bridgehead atoms. The normalized spacial score (nSPS) is 20.5. The SMILES string of the molecule is CCOc1ccccc1[C@@H](C1CCCCC1)N1CCNCC1.Cl.Cl. The van der Waals surface area contributed by atoms with Gasteiger partial charge in [0, 0.05) is 37.8 Å². The minimum Gasteiger partial charge on any atom is -0.494 e. The third-order valence-electron chi connectivity index (χ3n) is 5.18. The van der Waals surface area contributed by atoms with E-state index >= 15 is 0 Å². The Morgan fingerprint density at radius 2 is 1.75 bits per heavy atom. The van der Waals surface area contributed by atoms with Crippen LogP contribution in [0.15, 0.2) is 24.3 Å². The molecule has 1 heterocycles. The molecule has 24 heavy (non-hydrogen) atoms. The van der Waals surface area contributed by atoms with Crippen LogP contribution < -0.4 is 10.1 Å². The van der Waals surface area contributed by atoms with Gasteiger partial charge in [0.05, 0.1) is 6.61 Å². The summed E-state index contributed by atoms with van der Waals surface area (Å²) in [5.41, 5.74) is 1.41. The fraction of sp³-hybridized carbons (Fsp3) is 0.684. The number of hydrogen-bond donors (Lipinski definition) is 1. The maximum absolute atomic E-state index is 5.96. The average molecular weight is 375 g/mol. The van der Waals surface area contributed by atoms with Gasteiger partial charge in [-0.15, -0.1) is 24.8 Å². The Labute approximate surface area is 159 Å².